The zero-order valence-corrected chi connectivity index (χ0v) is 15.1. The Bertz CT molecular complexity index is 1130. The lowest BCUT2D eigenvalue weighted by molar-refractivity contribution is -0.132. The van der Waals surface area contributed by atoms with Crippen molar-refractivity contribution < 1.29 is 14.0 Å². The smallest absolute Gasteiger partial charge is 0.319 e. The zero-order chi connectivity index (χ0) is 19.3. The highest BCUT2D eigenvalue weighted by atomic mass is 19.1. The van der Waals surface area contributed by atoms with Crippen molar-refractivity contribution in [1.29, 1.82) is 0 Å². The maximum absolute atomic E-state index is 14.1. The lowest BCUT2D eigenvalue weighted by Crippen LogP contribution is -2.46. The molecule has 2 aliphatic rings. The molecule has 1 N–H and O–H groups in total. The Kier molecular flexibility index (Phi) is 3.69. The number of urea groups is 1. The van der Waals surface area contributed by atoms with Crippen LogP contribution in [0.3, 0.4) is 0 Å². The first-order chi connectivity index (χ1) is 13.6. The number of rotatable bonds is 2. The third-order valence-electron chi connectivity index (χ3n) is 5.73. The summed E-state index contributed by atoms with van der Waals surface area (Å²) in [6.07, 6.45) is 3.89. The molecule has 2 heterocycles. The van der Waals surface area contributed by atoms with E-state index in [0.29, 0.717) is 22.9 Å². The number of hydrogen-bond acceptors (Lipinski definition) is 3. The maximum atomic E-state index is 14.1. The van der Waals surface area contributed by atoms with E-state index in [0.717, 1.165) is 24.0 Å². The van der Waals surface area contributed by atoms with E-state index in [1.165, 1.54) is 17.0 Å². The second-order valence-electron chi connectivity index (χ2n) is 7.38. The van der Waals surface area contributed by atoms with Gasteiger partial charge in [-0.15, -0.1) is 0 Å². The third kappa shape index (κ3) is 2.41. The molecule has 28 heavy (non-hydrogen) atoms. The van der Waals surface area contributed by atoms with Gasteiger partial charge in [0, 0.05) is 17.1 Å². The van der Waals surface area contributed by atoms with E-state index in [9.17, 15) is 14.0 Å². The van der Waals surface area contributed by atoms with Gasteiger partial charge in [-0.2, -0.15) is 0 Å². The Balaban J connectivity index is 1.56. The van der Waals surface area contributed by atoms with Crippen molar-refractivity contribution in [2.75, 3.05) is 0 Å². The number of aryl methyl sites for hydroxylation is 1. The van der Waals surface area contributed by atoms with Crippen LogP contribution in [0.4, 0.5) is 9.18 Å². The number of amides is 3. The average molecular weight is 375 g/mol. The van der Waals surface area contributed by atoms with Gasteiger partial charge < -0.3 is 5.32 Å². The number of pyridine rings is 1. The van der Waals surface area contributed by atoms with Gasteiger partial charge in [0.15, 0.2) is 0 Å². The van der Waals surface area contributed by atoms with Gasteiger partial charge in [-0.05, 0) is 48.6 Å². The molecule has 1 aromatic heterocycles. The Morgan fingerprint density at radius 1 is 1.14 bits per heavy atom. The molecule has 5 nitrogen and oxygen atoms in total. The second-order valence-corrected chi connectivity index (χ2v) is 7.38. The van der Waals surface area contributed by atoms with Crippen LogP contribution in [0.2, 0.25) is 0 Å². The summed E-state index contributed by atoms with van der Waals surface area (Å²) in [4.78, 5) is 31.7. The molecule has 3 amide bonds. The minimum atomic E-state index is -1.03. The molecule has 1 atom stereocenters. The van der Waals surface area contributed by atoms with Crippen molar-refractivity contribution in [2.45, 2.75) is 31.3 Å². The molecule has 0 bridgehead atoms. The monoisotopic (exact) mass is 375 g/mol. The average Bonchev–Trinajstić information content (AvgIpc) is 2.93. The number of carbonyl (C=O) groups is 2. The molecule has 1 spiro atoms. The van der Waals surface area contributed by atoms with Crippen LogP contribution in [-0.2, 0) is 23.3 Å². The molecule has 1 fully saturated rings. The number of aromatic nitrogens is 1. The summed E-state index contributed by atoms with van der Waals surface area (Å²) < 4.78 is 14.1. The second kappa shape index (κ2) is 6.12. The lowest BCUT2D eigenvalue weighted by atomic mass is 9.76. The van der Waals surface area contributed by atoms with Gasteiger partial charge in [-0.1, -0.05) is 30.3 Å². The highest BCUT2D eigenvalue weighted by Gasteiger charge is 2.53. The van der Waals surface area contributed by atoms with Gasteiger partial charge in [0.05, 0.1) is 12.1 Å². The summed E-state index contributed by atoms with van der Waals surface area (Å²) in [5.41, 5.74) is 2.03. The summed E-state index contributed by atoms with van der Waals surface area (Å²) in [5.74, 6) is -0.696. The molecular weight excluding hydrogens is 357 g/mol. The predicted molar refractivity (Wildman–Crippen MR) is 102 cm³/mol. The van der Waals surface area contributed by atoms with E-state index >= 15 is 0 Å². The van der Waals surface area contributed by atoms with Gasteiger partial charge in [-0.25, -0.2) is 9.18 Å². The fourth-order valence-corrected chi connectivity index (χ4v) is 4.47. The number of carbonyl (C=O) groups excluding carboxylic acids is 2. The molecule has 0 unspecified atom stereocenters. The first kappa shape index (κ1) is 16.9. The number of nitrogens with one attached hydrogen (secondary N) is 1. The summed E-state index contributed by atoms with van der Waals surface area (Å²) in [6.45, 7) is -0.0140. The van der Waals surface area contributed by atoms with Crippen molar-refractivity contribution in [3.8, 4) is 0 Å². The zero-order valence-electron chi connectivity index (χ0n) is 15.1. The molecule has 5 rings (SSSR count). The molecule has 1 saturated heterocycles. The van der Waals surface area contributed by atoms with Crippen LogP contribution in [0.15, 0.2) is 54.7 Å². The van der Waals surface area contributed by atoms with Crippen LogP contribution in [-0.4, -0.2) is 21.8 Å². The standard InChI is InChI=1S/C22H18FN3O2/c23-17-11-15-7-4-10-24-19(15)16(12-17)13-26-20(27)22(25-21(26)28)9-3-6-14-5-1-2-8-18(14)22/h1-2,4-5,7-8,10-12H,3,6,9,13H2,(H,25,28)/t22-/m0/s1. The SMILES string of the molecule is O=C1N[C@]2(CCCc3ccccc32)C(=O)N1Cc1cc(F)cc2cccnc12. The summed E-state index contributed by atoms with van der Waals surface area (Å²) in [6, 6.07) is 13.5. The van der Waals surface area contributed by atoms with E-state index in [1.54, 1.807) is 18.3 Å². The van der Waals surface area contributed by atoms with Crippen LogP contribution >= 0.6 is 0 Å². The van der Waals surface area contributed by atoms with E-state index in [-0.39, 0.29) is 12.5 Å². The summed E-state index contributed by atoms with van der Waals surface area (Å²) >= 11 is 0. The van der Waals surface area contributed by atoms with Gasteiger partial charge in [0.25, 0.3) is 5.91 Å². The van der Waals surface area contributed by atoms with Gasteiger partial charge in [0.2, 0.25) is 0 Å². The topological polar surface area (TPSA) is 62.3 Å². The van der Waals surface area contributed by atoms with Crippen molar-refractivity contribution in [3.05, 3.63) is 77.2 Å². The Hall–Kier alpha value is -3.28. The number of hydrogen-bond donors (Lipinski definition) is 1. The molecule has 0 saturated carbocycles. The Morgan fingerprint density at radius 3 is 2.89 bits per heavy atom. The third-order valence-corrected chi connectivity index (χ3v) is 5.73. The highest BCUT2D eigenvalue weighted by Crippen LogP contribution is 2.40. The first-order valence-corrected chi connectivity index (χ1v) is 9.34. The quantitative estimate of drug-likeness (QED) is 0.696. The number of benzene rings is 2. The van der Waals surface area contributed by atoms with E-state index in [1.807, 2.05) is 24.3 Å². The van der Waals surface area contributed by atoms with Crippen molar-refractivity contribution in [2.24, 2.45) is 0 Å². The molecule has 1 aliphatic carbocycles. The van der Waals surface area contributed by atoms with Crippen molar-refractivity contribution in [1.82, 2.24) is 15.2 Å². The molecule has 0 radical (unpaired) electrons. The molecular formula is C22H18FN3O2. The van der Waals surface area contributed by atoms with E-state index in [4.69, 9.17) is 0 Å². The predicted octanol–water partition coefficient (Wildman–Crippen LogP) is 3.66. The number of fused-ring (bicyclic) bond motifs is 3. The summed E-state index contributed by atoms with van der Waals surface area (Å²) in [5, 5.41) is 3.57. The lowest BCUT2D eigenvalue weighted by Gasteiger charge is -2.33. The summed E-state index contributed by atoms with van der Waals surface area (Å²) in [7, 11) is 0. The van der Waals surface area contributed by atoms with E-state index < -0.39 is 17.4 Å². The van der Waals surface area contributed by atoms with Crippen molar-refractivity contribution >= 4 is 22.8 Å². The van der Waals surface area contributed by atoms with Gasteiger partial charge in [0.1, 0.15) is 11.4 Å². The molecule has 2 aromatic carbocycles. The number of imide groups is 1. The van der Waals surface area contributed by atoms with Crippen LogP contribution in [0.1, 0.15) is 29.5 Å². The van der Waals surface area contributed by atoms with E-state index in [2.05, 4.69) is 10.3 Å². The van der Waals surface area contributed by atoms with Crippen LogP contribution in [0.5, 0.6) is 0 Å². The molecule has 6 heteroatoms. The molecule has 140 valence electrons. The molecule has 3 aromatic rings. The minimum absolute atomic E-state index is 0.0140. The largest absolute Gasteiger partial charge is 0.325 e. The minimum Gasteiger partial charge on any atom is -0.319 e. The van der Waals surface area contributed by atoms with Crippen LogP contribution in [0.25, 0.3) is 10.9 Å². The fourth-order valence-electron chi connectivity index (χ4n) is 4.47. The highest BCUT2D eigenvalue weighted by molar-refractivity contribution is 6.08. The van der Waals surface area contributed by atoms with Gasteiger partial charge in [-0.3, -0.25) is 14.7 Å². The fraction of sp³-hybridized carbons (Fsp3) is 0.227. The van der Waals surface area contributed by atoms with Gasteiger partial charge >= 0.3 is 6.03 Å². The maximum Gasteiger partial charge on any atom is 0.325 e. The Morgan fingerprint density at radius 2 is 2.00 bits per heavy atom. The normalized spacial score (nSPS) is 21.2. The van der Waals surface area contributed by atoms with Crippen molar-refractivity contribution in [3.63, 3.8) is 0 Å². The molecule has 1 aliphatic heterocycles. The number of halogens is 1. The Labute approximate surface area is 161 Å². The first-order valence-electron chi connectivity index (χ1n) is 9.34. The number of nitrogens with zero attached hydrogens (tertiary/aromatic N) is 2. The van der Waals surface area contributed by atoms with Crippen LogP contribution < -0.4 is 5.32 Å². The van der Waals surface area contributed by atoms with Crippen LogP contribution in [0, 0.1) is 5.82 Å².